The molecule has 0 bridgehead atoms. The van der Waals surface area contributed by atoms with Crippen LogP contribution in [0.1, 0.15) is 22.2 Å². The van der Waals surface area contributed by atoms with Crippen LogP contribution in [0.2, 0.25) is 0 Å². The van der Waals surface area contributed by atoms with Gasteiger partial charge in [-0.15, -0.1) is 11.3 Å². The van der Waals surface area contributed by atoms with Gasteiger partial charge in [0, 0.05) is 0 Å². The van der Waals surface area contributed by atoms with E-state index in [-0.39, 0.29) is 5.56 Å². The molecule has 1 aromatic rings. The van der Waals surface area contributed by atoms with Gasteiger partial charge in [0.25, 0.3) is 0 Å². The molecule has 70 valence electrons. The highest BCUT2D eigenvalue weighted by molar-refractivity contribution is 7.11. The minimum atomic E-state index is -0.947. The number of hydrogen-bond donors (Lipinski definition) is 1. The van der Waals surface area contributed by atoms with Crippen molar-refractivity contribution in [2.24, 2.45) is 0 Å². The van der Waals surface area contributed by atoms with Crippen molar-refractivity contribution in [2.75, 3.05) is 6.61 Å². The third-order valence-corrected chi connectivity index (χ3v) is 2.42. The van der Waals surface area contributed by atoms with E-state index < -0.39 is 5.97 Å². The van der Waals surface area contributed by atoms with E-state index in [4.69, 9.17) is 9.84 Å². The zero-order valence-corrected chi connectivity index (χ0v) is 8.06. The number of hydrogen-bond acceptors (Lipinski definition) is 3. The second-order valence-electron chi connectivity index (χ2n) is 2.32. The molecule has 1 aromatic heterocycles. The summed E-state index contributed by atoms with van der Waals surface area (Å²) in [5.41, 5.74) is 0.253. The summed E-state index contributed by atoms with van der Waals surface area (Å²) in [5.74, 6) is -0.521. The predicted octanol–water partition coefficient (Wildman–Crippen LogP) is 2.45. The van der Waals surface area contributed by atoms with E-state index in [1.807, 2.05) is 6.92 Å². The molecule has 0 aliphatic rings. The Bertz CT molecular complexity index is 327. The zero-order valence-electron chi connectivity index (χ0n) is 7.24. The third kappa shape index (κ3) is 2.09. The molecule has 1 rings (SSSR count). The van der Waals surface area contributed by atoms with Crippen LogP contribution in [-0.2, 0) is 4.74 Å². The molecule has 0 unspecified atom stereocenters. The van der Waals surface area contributed by atoms with Crippen molar-refractivity contribution in [2.45, 2.75) is 6.92 Å². The first-order valence-electron chi connectivity index (χ1n) is 3.79. The second-order valence-corrected chi connectivity index (χ2v) is 3.24. The maximum atomic E-state index is 10.7. The summed E-state index contributed by atoms with van der Waals surface area (Å²) in [6.07, 6.45) is 0. The molecular formula is C9H10O3S. The van der Waals surface area contributed by atoms with Crippen LogP contribution in [0.5, 0.6) is 0 Å². The number of rotatable bonds is 4. The molecule has 0 saturated heterocycles. The Morgan fingerprint density at radius 1 is 1.77 bits per heavy atom. The van der Waals surface area contributed by atoms with E-state index in [2.05, 4.69) is 6.58 Å². The summed E-state index contributed by atoms with van der Waals surface area (Å²) in [6, 6.07) is 1.55. The summed E-state index contributed by atoms with van der Waals surface area (Å²) in [4.78, 5) is 11.3. The lowest BCUT2D eigenvalue weighted by atomic mass is 10.2. The Labute approximate surface area is 80.3 Å². The molecule has 0 amide bonds. The fourth-order valence-electron chi connectivity index (χ4n) is 0.933. The summed E-state index contributed by atoms with van der Waals surface area (Å²) in [7, 11) is 0. The number of carbonyl (C=O) groups is 1. The van der Waals surface area contributed by atoms with Crippen molar-refractivity contribution in [3.8, 4) is 0 Å². The lowest BCUT2D eigenvalue weighted by Crippen LogP contribution is -1.98. The Morgan fingerprint density at radius 2 is 2.46 bits per heavy atom. The predicted molar refractivity (Wildman–Crippen MR) is 51.9 cm³/mol. The summed E-state index contributed by atoms with van der Waals surface area (Å²) < 4.78 is 5.13. The van der Waals surface area contributed by atoms with Crippen LogP contribution in [0.4, 0.5) is 0 Å². The number of thiophene rings is 1. The minimum absolute atomic E-state index is 0.253. The first-order valence-corrected chi connectivity index (χ1v) is 4.67. The number of ether oxygens (including phenoxy) is 1. The fourth-order valence-corrected chi connectivity index (χ4v) is 1.75. The molecule has 0 spiro atoms. The van der Waals surface area contributed by atoms with Gasteiger partial charge in [-0.3, -0.25) is 0 Å². The molecule has 1 heterocycles. The van der Waals surface area contributed by atoms with Gasteiger partial charge < -0.3 is 9.84 Å². The van der Waals surface area contributed by atoms with Gasteiger partial charge in [-0.1, -0.05) is 6.58 Å². The van der Waals surface area contributed by atoms with E-state index in [9.17, 15) is 4.79 Å². The van der Waals surface area contributed by atoms with E-state index in [1.165, 1.54) is 11.3 Å². The van der Waals surface area contributed by atoms with Gasteiger partial charge in [0.1, 0.15) is 5.76 Å². The lowest BCUT2D eigenvalue weighted by molar-refractivity contribution is 0.0696. The van der Waals surface area contributed by atoms with E-state index in [1.54, 1.807) is 11.4 Å². The average Bonchev–Trinajstić information content (AvgIpc) is 2.52. The summed E-state index contributed by atoms with van der Waals surface area (Å²) in [5, 5.41) is 10.5. The molecule has 3 nitrogen and oxygen atoms in total. The third-order valence-electron chi connectivity index (χ3n) is 1.47. The Morgan fingerprint density at radius 3 is 3.00 bits per heavy atom. The molecule has 0 fully saturated rings. The lowest BCUT2D eigenvalue weighted by Gasteiger charge is -2.04. The van der Waals surface area contributed by atoms with Crippen LogP contribution in [0.25, 0.3) is 5.76 Å². The zero-order chi connectivity index (χ0) is 9.84. The maximum absolute atomic E-state index is 10.7. The highest BCUT2D eigenvalue weighted by Gasteiger charge is 2.14. The van der Waals surface area contributed by atoms with Crippen molar-refractivity contribution < 1.29 is 14.6 Å². The van der Waals surface area contributed by atoms with Gasteiger partial charge in [0.15, 0.2) is 0 Å². The Balaban J connectivity index is 2.93. The molecular weight excluding hydrogens is 188 g/mol. The topological polar surface area (TPSA) is 46.5 Å². The van der Waals surface area contributed by atoms with Crippen LogP contribution in [0.15, 0.2) is 18.0 Å². The monoisotopic (exact) mass is 198 g/mol. The van der Waals surface area contributed by atoms with Crippen molar-refractivity contribution in [1.29, 1.82) is 0 Å². The van der Waals surface area contributed by atoms with Crippen LogP contribution in [-0.4, -0.2) is 17.7 Å². The molecule has 0 radical (unpaired) electrons. The average molecular weight is 198 g/mol. The van der Waals surface area contributed by atoms with Gasteiger partial charge in [-0.2, -0.15) is 0 Å². The van der Waals surface area contributed by atoms with Crippen LogP contribution in [0, 0.1) is 0 Å². The largest absolute Gasteiger partial charge is 0.493 e. The Kier molecular flexibility index (Phi) is 3.08. The molecule has 4 heteroatoms. The Hall–Kier alpha value is -1.29. The van der Waals surface area contributed by atoms with Crippen molar-refractivity contribution in [3.63, 3.8) is 0 Å². The van der Waals surface area contributed by atoms with Crippen LogP contribution >= 0.6 is 11.3 Å². The minimum Gasteiger partial charge on any atom is -0.493 e. The summed E-state index contributed by atoms with van der Waals surface area (Å²) in [6.45, 7) is 5.98. The van der Waals surface area contributed by atoms with E-state index in [0.29, 0.717) is 17.2 Å². The highest BCUT2D eigenvalue weighted by Crippen LogP contribution is 2.24. The molecule has 0 aliphatic carbocycles. The van der Waals surface area contributed by atoms with Gasteiger partial charge in [-0.25, -0.2) is 4.79 Å². The molecule has 1 N–H and O–H groups in total. The van der Waals surface area contributed by atoms with Gasteiger partial charge in [0.05, 0.1) is 17.0 Å². The normalized spacial score (nSPS) is 9.62. The van der Waals surface area contributed by atoms with E-state index >= 15 is 0 Å². The van der Waals surface area contributed by atoms with Crippen LogP contribution < -0.4 is 0 Å². The molecule has 0 aromatic carbocycles. The number of carboxylic acid groups (broad SMARTS) is 1. The quantitative estimate of drug-likeness (QED) is 0.756. The van der Waals surface area contributed by atoms with Crippen LogP contribution in [0.3, 0.4) is 0 Å². The van der Waals surface area contributed by atoms with Gasteiger partial charge in [0.2, 0.25) is 0 Å². The standard InChI is InChI=1S/C9H10O3S/c1-3-12-6(2)8-7(9(10)11)4-5-13-8/h4-5H,2-3H2,1H3,(H,10,11). The SMILES string of the molecule is C=C(OCC)c1sccc1C(=O)O. The summed E-state index contributed by atoms with van der Waals surface area (Å²) >= 11 is 1.32. The molecule has 0 atom stereocenters. The van der Waals surface area contributed by atoms with Crippen molar-refractivity contribution in [3.05, 3.63) is 28.5 Å². The van der Waals surface area contributed by atoms with Crippen molar-refractivity contribution >= 4 is 23.1 Å². The first kappa shape index (κ1) is 9.80. The highest BCUT2D eigenvalue weighted by atomic mass is 32.1. The van der Waals surface area contributed by atoms with E-state index in [0.717, 1.165) is 0 Å². The maximum Gasteiger partial charge on any atom is 0.337 e. The van der Waals surface area contributed by atoms with Gasteiger partial charge in [-0.05, 0) is 18.4 Å². The molecule has 13 heavy (non-hydrogen) atoms. The molecule has 0 saturated carbocycles. The smallest absolute Gasteiger partial charge is 0.337 e. The van der Waals surface area contributed by atoms with Crippen molar-refractivity contribution in [1.82, 2.24) is 0 Å². The fraction of sp³-hybridized carbons (Fsp3) is 0.222. The van der Waals surface area contributed by atoms with Gasteiger partial charge >= 0.3 is 5.97 Å². The number of carboxylic acids is 1. The second kappa shape index (κ2) is 4.09. The molecule has 0 aliphatic heterocycles. The number of aromatic carboxylic acids is 1. The first-order chi connectivity index (χ1) is 6.16.